The molecule has 0 radical (unpaired) electrons. The van der Waals surface area contributed by atoms with Crippen molar-refractivity contribution in [1.82, 2.24) is 0 Å². The normalized spacial score (nSPS) is 14.6. The molecule has 0 aliphatic heterocycles. The third-order valence-corrected chi connectivity index (χ3v) is 2.62. The summed E-state index contributed by atoms with van der Waals surface area (Å²) in [6.45, 7) is 6.13. The topological polar surface area (TPSA) is 0 Å². The van der Waals surface area contributed by atoms with Gasteiger partial charge in [0, 0.05) is 0 Å². The first-order valence-electron chi connectivity index (χ1n) is 6.30. The molecule has 0 unspecified atom stereocenters. The molecule has 0 heterocycles. The van der Waals surface area contributed by atoms with Gasteiger partial charge >= 0.3 is 0 Å². The summed E-state index contributed by atoms with van der Waals surface area (Å²) in [5.41, 5.74) is 4.04. The molecule has 0 atom stereocenters. The monoisotopic (exact) mass is 214 g/mol. The van der Waals surface area contributed by atoms with Crippen LogP contribution in [0.4, 0.5) is 0 Å². The number of hydrogen-bond donors (Lipinski definition) is 0. The van der Waals surface area contributed by atoms with Gasteiger partial charge in [-0.2, -0.15) is 0 Å². The summed E-state index contributed by atoms with van der Waals surface area (Å²) >= 11 is 0. The second-order valence-electron chi connectivity index (χ2n) is 3.86. The molecule has 0 nitrogen and oxygen atoms in total. The first-order chi connectivity index (χ1) is 7.86. The Kier molecular flexibility index (Phi) is 5.63. The average molecular weight is 214 g/mol. The molecule has 1 aliphatic carbocycles. The van der Waals surface area contributed by atoms with E-state index in [2.05, 4.69) is 49.4 Å². The lowest BCUT2D eigenvalue weighted by atomic mass is 10.0. The van der Waals surface area contributed by atoms with Crippen molar-refractivity contribution in [2.24, 2.45) is 0 Å². The Morgan fingerprint density at radius 3 is 2.31 bits per heavy atom. The van der Waals surface area contributed by atoms with E-state index in [4.69, 9.17) is 0 Å². The molecule has 0 amide bonds. The van der Waals surface area contributed by atoms with Crippen LogP contribution in [0.1, 0.15) is 44.2 Å². The van der Waals surface area contributed by atoms with Crippen LogP contribution < -0.4 is 0 Å². The van der Waals surface area contributed by atoms with Crippen molar-refractivity contribution >= 4 is 5.57 Å². The van der Waals surface area contributed by atoms with Crippen LogP contribution in [0.25, 0.3) is 5.57 Å². The minimum Gasteiger partial charge on any atom is -0.0839 e. The standard InChI is InChI=1S/C14H16.C2H6/c1-12-8-10-14(11-9-12)13-6-4-2-3-5-7-13;1-2/h4,6-11H,2-3,5H2,1H3;1-2H3. The Balaban J connectivity index is 0.000000606. The Bertz CT molecular complexity index is 352. The van der Waals surface area contributed by atoms with Crippen molar-refractivity contribution in [2.45, 2.75) is 40.0 Å². The molecule has 0 saturated heterocycles. The van der Waals surface area contributed by atoms with Gasteiger partial charge in [-0.25, -0.2) is 0 Å². The van der Waals surface area contributed by atoms with E-state index in [1.165, 1.54) is 36.0 Å². The zero-order valence-corrected chi connectivity index (χ0v) is 10.7. The summed E-state index contributed by atoms with van der Waals surface area (Å²) in [5, 5.41) is 0. The quantitative estimate of drug-likeness (QED) is 0.607. The highest BCUT2D eigenvalue weighted by molar-refractivity contribution is 5.74. The van der Waals surface area contributed by atoms with Crippen molar-refractivity contribution < 1.29 is 0 Å². The molecule has 0 heteroatoms. The number of hydrogen-bond acceptors (Lipinski definition) is 0. The first-order valence-corrected chi connectivity index (χ1v) is 6.30. The fraction of sp³-hybridized carbons (Fsp3) is 0.375. The van der Waals surface area contributed by atoms with Gasteiger partial charge in [-0.15, -0.1) is 0 Å². The van der Waals surface area contributed by atoms with Crippen LogP contribution in [0.2, 0.25) is 0 Å². The molecule has 1 aromatic carbocycles. The van der Waals surface area contributed by atoms with Crippen molar-refractivity contribution in [3.8, 4) is 0 Å². The van der Waals surface area contributed by atoms with Crippen LogP contribution in [0, 0.1) is 6.92 Å². The predicted octanol–water partition coefficient (Wildman–Crippen LogP) is 5.14. The van der Waals surface area contributed by atoms with Crippen molar-refractivity contribution in [3.05, 3.63) is 53.6 Å². The molecule has 0 N–H and O–H groups in total. The highest BCUT2D eigenvalue weighted by Gasteiger charge is 1.99. The average Bonchev–Trinajstić information content (AvgIpc) is 2.61. The summed E-state index contributed by atoms with van der Waals surface area (Å²) in [5.74, 6) is 0. The Morgan fingerprint density at radius 1 is 0.938 bits per heavy atom. The third-order valence-electron chi connectivity index (χ3n) is 2.62. The van der Waals surface area contributed by atoms with E-state index >= 15 is 0 Å². The van der Waals surface area contributed by atoms with E-state index < -0.39 is 0 Å². The fourth-order valence-electron chi connectivity index (χ4n) is 1.73. The lowest BCUT2D eigenvalue weighted by Gasteiger charge is -2.02. The van der Waals surface area contributed by atoms with Gasteiger partial charge in [-0.05, 0) is 37.3 Å². The van der Waals surface area contributed by atoms with Gasteiger partial charge in [0.2, 0.25) is 0 Å². The van der Waals surface area contributed by atoms with E-state index in [0.717, 1.165) is 0 Å². The van der Waals surface area contributed by atoms with E-state index in [0.29, 0.717) is 0 Å². The predicted molar refractivity (Wildman–Crippen MR) is 73.5 cm³/mol. The minimum absolute atomic E-state index is 1.20. The maximum absolute atomic E-state index is 2.34. The van der Waals surface area contributed by atoms with Crippen molar-refractivity contribution in [1.29, 1.82) is 0 Å². The van der Waals surface area contributed by atoms with Crippen LogP contribution in [0.5, 0.6) is 0 Å². The Labute approximate surface area is 99.7 Å². The summed E-state index contributed by atoms with van der Waals surface area (Å²) in [6, 6.07) is 8.76. The third kappa shape index (κ3) is 3.69. The Morgan fingerprint density at radius 2 is 1.62 bits per heavy atom. The number of benzene rings is 1. The second-order valence-corrected chi connectivity index (χ2v) is 3.86. The van der Waals surface area contributed by atoms with Crippen LogP contribution in [-0.2, 0) is 0 Å². The smallest absolute Gasteiger partial charge is 0.0187 e. The lowest BCUT2D eigenvalue weighted by Crippen LogP contribution is -1.80. The molecule has 0 saturated carbocycles. The summed E-state index contributed by atoms with van der Waals surface area (Å²) in [7, 11) is 0. The number of rotatable bonds is 1. The van der Waals surface area contributed by atoms with E-state index in [-0.39, 0.29) is 0 Å². The van der Waals surface area contributed by atoms with Gasteiger partial charge < -0.3 is 0 Å². The minimum atomic E-state index is 1.20. The van der Waals surface area contributed by atoms with Gasteiger partial charge in [0.25, 0.3) is 0 Å². The van der Waals surface area contributed by atoms with Crippen LogP contribution in [0.15, 0.2) is 42.5 Å². The first kappa shape index (κ1) is 12.8. The molecule has 86 valence electrons. The zero-order valence-electron chi connectivity index (χ0n) is 10.7. The fourth-order valence-corrected chi connectivity index (χ4v) is 1.73. The number of allylic oxidation sites excluding steroid dienone is 4. The summed E-state index contributed by atoms with van der Waals surface area (Å²) < 4.78 is 0. The zero-order chi connectivity index (χ0) is 11.8. The molecule has 16 heavy (non-hydrogen) atoms. The van der Waals surface area contributed by atoms with Crippen LogP contribution in [0.3, 0.4) is 0 Å². The Hall–Kier alpha value is -1.30. The summed E-state index contributed by atoms with van der Waals surface area (Å²) in [6.07, 6.45) is 10.6. The summed E-state index contributed by atoms with van der Waals surface area (Å²) in [4.78, 5) is 0. The maximum Gasteiger partial charge on any atom is -0.0187 e. The van der Waals surface area contributed by atoms with E-state index in [1.54, 1.807) is 0 Å². The van der Waals surface area contributed by atoms with Crippen molar-refractivity contribution in [2.75, 3.05) is 0 Å². The largest absolute Gasteiger partial charge is 0.0839 e. The maximum atomic E-state index is 2.34. The van der Waals surface area contributed by atoms with Gasteiger partial charge in [0.1, 0.15) is 0 Å². The SMILES string of the molecule is CC.Cc1ccc(C2=CCCCC=C2)cc1. The molecule has 0 bridgehead atoms. The second kappa shape index (κ2) is 7.05. The lowest BCUT2D eigenvalue weighted by molar-refractivity contribution is 0.876. The molecule has 0 spiro atoms. The van der Waals surface area contributed by atoms with Gasteiger partial charge in [0.05, 0.1) is 0 Å². The molecular weight excluding hydrogens is 192 g/mol. The number of aryl methyl sites for hydroxylation is 1. The molecule has 1 aliphatic rings. The van der Waals surface area contributed by atoms with Crippen LogP contribution in [-0.4, -0.2) is 0 Å². The van der Waals surface area contributed by atoms with E-state index in [1.807, 2.05) is 13.8 Å². The highest BCUT2D eigenvalue weighted by Crippen LogP contribution is 2.20. The molecule has 2 rings (SSSR count). The molecular formula is C16H22. The van der Waals surface area contributed by atoms with Crippen molar-refractivity contribution in [3.63, 3.8) is 0 Å². The van der Waals surface area contributed by atoms with Gasteiger partial charge in [-0.1, -0.05) is 61.9 Å². The molecule has 0 fully saturated rings. The van der Waals surface area contributed by atoms with Gasteiger partial charge in [-0.3, -0.25) is 0 Å². The highest BCUT2D eigenvalue weighted by atomic mass is 14.0. The van der Waals surface area contributed by atoms with E-state index in [9.17, 15) is 0 Å². The molecule has 0 aromatic heterocycles. The van der Waals surface area contributed by atoms with Gasteiger partial charge in [0.15, 0.2) is 0 Å². The molecule has 1 aromatic rings. The van der Waals surface area contributed by atoms with Crippen LogP contribution >= 0.6 is 0 Å².